The number of carbonyl (C=O) groups is 1. The van der Waals surface area contributed by atoms with Crippen LogP contribution in [0.4, 0.5) is 0 Å². The van der Waals surface area contributed by atoms with Gasteiger partial charge in [-0.1, -0.05) is 11.6 Å². The second-order valence-electron chi connectivity index (χ2n) is 2.59. The fourth-order valence-corrected chi connectivity index (χ4v) is 2.01. The number of ether oxygens (including phenoxy) is 2. The van der Waals surface area contributed by atoms with E-state index in [1.54, 1.807) is 0 Å². The Labute approximate surface area is 99.9 Å². The van der Waals surface area contributed by atoms with Crippen LogP contribution < -0.4 is 9.47 Å². The number of hydrogen-bond donors (Lipinski definition) is 1. The number of rotatable bonds is 3. The molecule has 15 heavy (non-hydrogen) atoms. The van der Waals surface area contributed by atoms with E-state index in [0.29, 0.717) is 10.2 Å². The van der Waals surface area contributed by atoms with E-state index >= 15 is 0 Å². The topological polar surface area (TPSA) is 55.8 Å². The molecule has 0 heterocycles. The molecule has 0 saturated heterocycles. The molecule has 0 spiro atoms. The highest BCUT2D eigenvalue weighted by Crippen LogP contribution is 2.42. The summed E-state index contributed by atoms with van der Waals surface area (Å²) < 4.78 is 10.3. The van der Waals surface area contributed by atoms with Crippen molar-refractivity contribution < 1.29 is 19.4 Å². The van der Waals surface area contributed by atoms with E-state index in [1.807, 2.05) is 0 Å². The summed E-state index contributed by atoms with van der Waals surface area (Å²) in [6.07, 6.45) is 0. The Morgan fingerprint density at radius 1 is 1.40 bits per heavy atom. The van der Waals surface area contributed by atoms with E-state index in [4.69, 9.17) is 26.2 Å². The van der Waals surface area contributed by atoms with Crippen LogP contribution in [-0.4, -0.2) is 25.3 Å². The van der Waals surface area contributed by atoms with E-state index in [9.17, 15) is 4.79 Å². The van der Waals surface area contributed by atoms with Crippen LogP contribution >= 0.6 is 27.5 Å². The minimum atomic E-state index is -1.09. The molecule has 1 aromatic rings. The lowest BCUT2D eigenvalue weighted by molar-refractivity contribution is 0.0695. The maximum atomic E-state index is 10.9. The quantitative estimate of drug-likeness (QED) is 0.931. The van der Waals surface area contributed by atoms with Crippen LogP contribution in [0.5, 0.6) is 11.5 Å². The zero-order valence-corrected chi connectivity index (χ0v) is 10.3. The Morgan fingerprint density at radius 3 is 2.33 bits per heavy atom. The Balaban J connectivity index is 3.51. The largest absolute Gasteiger partial charge is 0.492 e. The second-order valence-corrected chi connectivity index (χ2v) is 3.79. The van der Waals surface area contributed by atoms with Gasteiger partial charge in [-0.3, -0.25) is 0 Å². The van der Waals surface area contributed by atoms with Crippen molar-refractivity contribution in [1.82, 2.24) is 0 Å². The van der Waals surface area contributed by atoms with Gasteiger partial charge in [0.2, 0.25) is 0 Å². The summed E-state index contributed by atoms with van der Waals surface area (Å²) in [5.41, 5.74) is 0.0256. The molecular weight excluding hydrogens is 287 g/mol. The maximum Gasteiger partial charge on any atom is 0.337 e. The Morgan fingerprint density at radius 2 is 1.93 bits per heavy atom. The standard InChI is InChI=1S/C9H8BrClO4/c1-14-7-5(11)3-4(9(12)13)6(10)8(7)15-2/h3H,1-2H3,(H,12,13). The molecule has 0 unspecified atom stereocenters. The molecule has 0 bridgehead atoms. The molecule has 0 aliphatic rings. The average Bonchev–Trinajstić information content (AvgIpc) is 2.19. The summed E-state index contributed by atoms with van der Waals surface area (Å²) in [5, 5.41) is 9.08. The third-order valence-electron chi connectivity index (χ3n) is 1.77. The summed E-state index contributed by atoms with van der Waals surface area (Å²) in [6, 6.07) is 1.30. The summed E-state index contributed by atoms with van der Waals surface area (Å²) >= 11 is 8.96. The lowest BCUT2D eigenvalue weighted by Gasteiger charge is -2.12. The average molecular weight is 296 g/mol. The van der Waals surface area contributed by atoms with Crippen LogP contribution in [0.25, 0.3) is 0 Å². The molecule has 0 aliphatic heterocycles. The number of benzene rings is 1. The normalized spacial score (nSPS) is 9.87. The molecule has 1 aromatic carbocycles. The molecule has 6 heteroatoms. The first-order chi connectivity index (χ1) is 7.02. The molecule has 4 nitrogen and oxygen atoms in total. The lowest BCUT2D eigenvalue weighted by atomic mass is 10.2. The van der Waals surface area contributed by atoms with Gasteiger partial charge >= 0.3 is 5.97 Å². The van der Waals surface area contributed by atoms with Crippen LogP contribution in [0.2, 0.25) is 5.02 Å². The number of hydrogen-bond acceptors (Lipinski definition) is 3. The molecule has 1 N–H and O–H groups in total. The van der Waals surface area contributed by atoms with Crippen molar-refractivity contribution in [2.24, 2.45) is 0 Å². The first-order valence-electron chi connectivity index (χ1n) is 3.86. The monoisotopic (exact) mass is 294 g/mol. The number of carboxylic acids is 1. The van der Waals surface area contributed by atoms with Crippen molar-refractivity contribution in [3.8, 4) is 11.5 Å². The smallest absolute Gasteiger partial charge is 0.337 e. The van der Waals surface area contributed by atoms with Gasteiger partial charge in [0.25, 0.3) is 0 Å². The Bertz CT molecular complexity index is 406. The SMILES string of the molecule is COc1c(Cl)cc(C(=O)O)c(Br)c1OC. The van der Waals surface area contributed by atoms with E-state index in [0.717, 1.165) is 0 Å². The summed E-state index contributed by atoms with van der Waals surface area (Å²) in [5.74, 6) is -0.525. The highest BCUT2D eigenvalue weighted by atomic mass is 79.9. The molecule has 0 radical (unpaired) electrons. The molecule has 0 atom stereocenters. The Kier molecular flexibility index (Phi) is 3.82. The number of aromatic carboxylic acids is 1. The van der Waals surface area contributed by atoms with Crippen molar-refractivity contribution in [2.45, 2.75) is 0 Å². The highest BCUT2D eigenvalue weighted by molar-refractivity contribution is 9.10. The minimum Gasteiger partial charge on any atom is -0.492 e. The second kappa shape index (κ2) is 4.72. The van der Waals surface area contributed by atoms with Gasteiger partial charge in [-0.15, -0.1) is 0 Å². The third kappa shape index (κ3) is 2.18. The number of methoxy groups -OCH3 is 2. The lowest BCUT2D eigenvalue weighted by Crippen LogP contribution is -2.01. The van der Waals surface area contributed by atoms with Crippen molar-refractivity contribution in [3.05, 3.63) is 21.1 Å². The zero-order valence-electron chi connectivity index (χ0n) is 8.01. The van der Waals surface area contributed by atoms with E-state index < -0.39 is 5.97 Å². The van der Waals surface area contributed by atoms with E-state index in [2.05, 4.69) is 15.9 Å². The molecule has 0 aromatic heterocycles. The predicted molar refractivity (Wildman–Crippen MR) is 59.2 cm³/mol. The van der Waals surface area contributed by atoms with Gasteiger partial charge in [-0.2, -0.15) is 0 Å². The van der Waals surface area contributed by atoms with Crippen molar-refractivity contribution in [1.29, 1.82) is 0 Å². The fraction of sp³-hybridized carbons (Fsp3) is 0.222. The van der Waals surface area contributed by atoms with Gasteiger partial charge in [0.05, 0.1) is 29.3 Å². The van der Waals surface area contributed by atoms with Crippen LogP contribution in [0, 0.1) is 0 Å². The fourth-order valence-electron chi connectivity index (χ4n) is 1.11. The van der Waals surface area contributed by atoms with Gasteiger partial charge in [-0.25, -0.2) is 4.79 Å². The first-order valence-corrected chi connectivity index (χ1v) is 5.03. The van der Waals surface area contributed by atoms with Crippen LogP contribution in [0.1, 0.15) is 10.4 Å². The first kappa shape index (κ1) is 12.1. The maximum absolute atomic E-state index is 10.9. The third-order valence-corrected chi connectivity index (χ3v) is 2.84. The molecular formula is C9H8BrClO4. The van der Waals surface area contributed by atoms with E-state index in [-0.39, 0.29) is 16.3 Å². The highest BCUT2D eigenvalue weighted by Gasteiger charge is 2.20. The van der Waals surface area contributed by atoms with Crippen molar-refractivity contribution in [3.63, 3.8) is 0 Å². The van der Waals surface area contributed by atoms with Crippen LogP contribution in [-0.2, 0) is 0 Å². The molecule has 0 fully saturated rings. The van der Waals surface area contributed by atoms with Gasteiger partial charge < -0.3 is 14.6 Å². The summed E-state index contributed by atoms with van der Waals surface area (Å²) in [7, 11) is 2.83. The minimum absolute atomic E-state index is 0.0256. The van der Waals surface area contributed by atoms with Gasteiger partial charge in [-0.05, 0) is 22.0 Å². The molecule has 82 valence electrons. The predicted octanol–water partition coefficient (Wildman–Crippen LogP) is 2.82. The molecule has 0 aliphatic carbocycles. The number of carboxylic acid groups (broad SMARTS) is 1. The molecule has 1 rings (SSSR count). The molecule has 0 amide bonds. The van der Waals surface area contributed by atoms with Gasteiger partial charge in [0.1, 0.15) is 0 Å². The number of halogens is 2. The summed E-state index contributed by atoms with van der Waals surface area (Å²) in [6.45, 7) is 0. The zero-order chi connectivity index (χ0) is 11.6. The van der Waals surface area contributed by atoms with E-state index in [1.165, 1.54) is 20.3 Å². The van der Waals surface area contributed by atoms with Crippen LogP contribution in [0.15, 0.2) is 10.5 Å². The van der Waals surface area contributed by atoms with Gasteiger partial charge in [0, 0.05) is 0 Å². The van der Waals surface area contributed by atoms with Crippen LogP contribution in [0.3, 0.4) is 0 Å². The molecule has 0 saturated carbocycles. The van der Waals surface area contributed by atoms with Gasteiger partial charge in [0.15, 0.2) is 11.5 Å². The summed E-state index contributed by atoms with van der Waals surface area (Å²) in [4.78, 5) is 10.9. The Hall–Kier alpha value is -0.940. The van der Waals surface area contributed by atoms with Crippen molar-refractivity contribution >= 4 is 33.5 Å². The van der Waals surface area contributed by atoms with Crippen molar-refractivity contribution in [2.75, 3.05) is 14.2 Å².